The first-order chi connectivity index (χ1) is 15.8. The number of carbonyl (C=O) groups is 1. The monoisotopic (exact) mass is 473 g/mol. The molecular formula is C23H24FN3O5S. The molecule has 0 unspecified atom stereocenters. The highest BCUT2D eigenvalue weighted by Crippen LogP contribution is 2.40. The van der Waals surface area contributed by atoms with E-state index in [4.69, 9.17) is 15.2 Å². The van der Waals surface area contributed by atoms with E-state index < -0.39 is 28.5 Å². The Morgan fingerprint density at radius 2 is 1.85 bits per heavy atom. The van der Waals surface area contributed by atoms with E-state index in [1.54, 1.807) is 19.1 Å². The second-order valence-corrected chi connectivity index (χ2v) is 9.12. The molecule has 0 radical (unpaired) electrons. The van der Waals surface area contributed by atoms with Crippen LogP contribution in [0.25, 0.3) is 10.8 Å². The zero-order valence-corrected chi connectivity index (χ0v) is 18.8. The van der Waals surface area contributed by atoms with Crippen LogP contribution in [-0.4, -0.2) is 40.6 Å². The number of benzene rings is 3. The zero-order chi connectivity index (χ0) is 23.6. The molecular weight excluding hydrogens is 449 g/mol. The molecule has 33 heavy (non-hydrogen) atoms. The van der Waals surface area contributed by atoms with E-state index in [1.807, 2.05) is 4.72 Å². The summed E-state index contributed by atoms with van der Waals surface area (Å²) in [7, 11) is -4.18. The summed E-state index contributed by atoms with van der Waals surface area (Å²) in [6.45, 7) is 1.93. The largest absolute Gasteiger partial charge is 0.492 e. The third-order valence-electron chi connectivity index (χ3n) is 5.14. The lowest BCUT2D eigenvalue weighted by Crippen LogP contribution is -2.30. The quantitative estimate of drug-likeness (QED) is 0.445. The van der Waals surface area contributed by atoms with Gasteiger partial charge < -0.3 is 15.2 Å². The van der Waals surface area contributed by atoms with Crippen molar-refractivity contribution in [3.8, 4) is 11.5 Å². The van der Waals surface area contributed by atoms with Crippen LogP contribution in [0, 0.1) is 5.82 Å². The van der Waals surface area contributed by atoms with Crippen LogP contribution in [0.3, 0.4) is 0 Å². The van der Waals surface area contributed by atoms with Crippen molar-refractivity contribution in [1.29, 1.82) is 0 Å². The van der Waals surface area contributed by atoms with Crippen LogP contribution in [-0.2, 0) is 21.4 Å². The van der Waals surface area contributed by atoms with Crippen LogP contribution in [0.15, 0.2) is 48.5 Å². The SMILES string of the molecule is CCOc1cc2ccc(OCCN)cc2c(F)c1N1CC(=O)NS1(=O)=O.c1cc2cc(c1)C2. The number of nitrogens with zero attached hydrogens (tertiary/aromatic N) is 1. The molecule has 1 heterocycles. The molecule has 0 atom stereocenters. The Balaban J connectivity index is 0.000000310. The highest BCUT2D eigenvalue weighted by molar-refractivity contribution is 7.92. The van der Waals surface area contributed by atoms with Crippen LogP contribution < -0.4 is 24.2 Å². The van der Waals surface area contributed by atoms with Crippen LogP contribution in [0.1, 0.15) is 18.1 Å². The van der Waals surface area contributed by atoms with Crippen LogP contribution >= 0.6 is 0 Å². The normalized spacial score (nSPS) is 15.4. The molecule has 1 fully saturated rings. The molecule has 1 amide bonds. The summed E-state index contributed by atoms with van der Waals surface area (Å²) >= 11 is 0. The summed E-state index contributed by atoms with van der Waals surface area (Å²) in [4.78, 5) is 11.5. The fourth-order valence-electron chi connectivity index (χ4n) is 3.66. The van der Waals surface area contributed by atoms with Gasteiger partial charge in [0.2, 0.25) is 0 Å². The number of rotatable bonds is 6. The lowest BCUT2D eigenvalue weighted by molar-refractivity contribution is -0.117. The zero-order valence-electron chi connectivity index (χ0n) is 18.0. The van der Waals surface area contributed by atoms with Crippen molar-refractivity contribution in [3.63, 3.8) is 0 Å². The van der Waals surface area contributed by atoms with Crippen molar-refractivity contribution in [2.45, 2.75) is 13.3 Å². The Morgan fingerprint density at radius 3 is 2.36 bits per heavy atom. The first-order valence-electron chi connectivity index (χ1n) is 10.5. The van der Waals surface area contributed by atoms with Crippen molar-refractivity contribution in [1.82, 2.24) is 4.72 Å². The highest BCUT2D eigenvalue weighted by atomic mass is 32.2. The number of anilines is 1. The van der Waals surface area contributed by atoms with E-state index >= 15 is 4.39 Å². The van der Waals surface area contributed by atoms with Gasteiger partial charge in [-0.2, -0.15) is 8.42 Å². The summed E-state index contributed by atoms with van der Waals surface area (Å²) in [5.74, 6) is -1.13. The fraction of sp³-hybridized carbons (Fsp3) is 0.261. The molecule has 3 aliphatic rings. The average Bonchev–Trinajstić information content (AvgIpc) is 3.05. The van der Waals surface area contributed by atoms with Gasteiger partial charge >= 0.3 is 10.2 Å². The maximum Gasteiger partial charge on any atom is 0.326 e. The van der Waals surface area contributed by atoms with E-state index in [9.17, 15) is 13.2 Å². The average molecular weight is 474 g/mol. The molecule has 1 aliphatic heterocycles. The number of hydrogen-bond acceptors (Lipinski definition) is 6. The lowest BCUT2D eigenvalue weighted by atomic mass is 9.94. The first kappa shape index (κ1) is 22.8. The Hall–Kier alpha value is -3.37. The number of amides is 1. The van der Waals surface area contributed by atoms with Crippen molar-refractivity contribution in [2.24, 2.45) is 5.73 Å². The number of nitrogens with two attached hydrogens (primary N) is 1. The molecule has 8 nitrogen and oxygen atoms in total. The summed E-state index contributed by atoms with van der Waals surface area (Å²) in [5.41, 5.74) is 8.05. The van der Waals surface area contributed by atoms with Crippen LogP contribution in [0.4, 0.5) is 10.1 Å². The Morgan fingerprint density at radius 1 is 1.12 bits per heavy atom. The van der Waals surface area contributed by atoms with Gasteiger partial charge in [0.05, 0.1) is 6.61 Å². The molecule has 2 bridgehead atoms. The van der Waals surface area contributed by atoms with Gasteiger partial charge in [-0.05, 0) is 48.1 Å². The maximum atomic E-state index is 15.3. The molecule has 2 aliphatic carbocycles. The minimum Gasteiger partial charge on any atom is -0.492 e. The number of halogens is 1. The summed E-state index contributed by atoms with van der Waals surface area (Å²) < 4.78 is 52.9. The highest BCUT2D eigenvalue weighted by Gasteiger charge is 2.38. The van der Waals surface area contributed by atoms with Crippen molar-refractivity contribution in [3.05, 3.63) is 65.5 Å². The molecule has 3 N–H and O–H groups in total. The molecule has 174 valence electrons. The minimum atomic E-state index is -4.18. The summed E-state index contributed by atoms with van der Waals surface area (Å²) in [6, 6.07) is 14.9. The second-order valence-electron chi connectivity index (χ2n) is 7.52. The maximum absolute atomic E-state index is 15.3. The number of fused-ring (bicyclic) bond motifs is 3. The third kappa shape index (κ3) is 4.71. The standard InChI is InChI=1S/C16H18FN3O5S.C7H6/c1-2-24-13-7-10-3-4-11(25-6-5-18)8-12(10)15(17)16(13)20-9-14(21)19-26(20,22)23;1-2-6-4-7(3-1)5-6/h3-4,7-8H,2,5-6,9,18H2,1H3,(H,19,21);1-4H,5H2. The summed E-state index contributed by atoms with van der Waals surface area (Å²) in [6.07, 6.45) is 1.22. The van der Waals surface area contributed by atoms with Gasteiger partial charge in [-0.1, -0.05) is 30.3 Å². The van der Waals surface area contributed by atoms with Gasteiger partial charge in [0.25, 0.3) is 5.91 Å². The van der Waals surface area contributed by atoms with Crippen molar-refractivity contribution >= 4 is 32.6 Å². The molecule has 0 aromatic heterocycles. The van der Waals surface area contributed by atoms with Crippen molar-refractivity contribution < 1.29 is 27.1 Å². The van der Waals surface area contributed by atoms with Gasteiger partial charge in [-0.15, -0.1) is 0 Å². The molecule has 1 saturated heterocycles. The Labute approximate surface area is 191 Å². The predicted molar refractivity (Wildman–Crippen MR) is 123 cm³/mol. The van der Waals surface area contributed by atoms with E-state index in [1.165, 1.54) is 29.7 Å². The smallest absolute Gasteiger partial charge is 0.326 e. The van der Waals surface area contributed by atoms with Crippen molar-refractivity contribution in [2.75, 3.05) is 30.6 Å². The topological polar surface area (TPSA) is 111 Å². The van der Waals surface area contributed by atoms with E-state index in [-0.39, 0.29) is 30.0 Å². The second kappa shape index (κ2) is 9.24. The van der Waals surface area contributed by atoms with Gasteiger partial charge in [-0.3, -0.25) is 4.79 Å². The number of carbonyl (C=O) groups excluding carboxylic acids is 1. The summed E-state index contributed by atoms with van der Waals surface area (Å²) in [5, 5.41) is 0.651. The van der Waals surface area contributed by atoms with E-state index in [2.05, 4.69) is 24.3 Å². The molecule has 0 spiro atoms. The Kier molecular flexibility index (Phi) is 6.39. The number of hydrogen-bond donors (Lipinski definition) is 2. The first-order valence-corrected chi connectivity index (χ1v) is 11.9. The third-order valence-corrected chi connectivity index (χ3v) is 6.52. The van der Waals surface area contributed by atoms with Crippen LogP contribution in [0.5, 0.6) is 11.5 Å². The van der Waals surface area contributed by atoms with E-state index in [0.29, 0.717) is 22.0 Å². The molecule has 6 rings (SSSR count). The number of nitrogens with one attached hydrogen (secondary N) is 1. The van der Waals surface area contributed by atoms with Gasteiger partial charge in [-0.25, -0.2) is 13.4 Å². The Bertz CT molecular complexity index is 1290. The lowest BCUT2D eigenvalue weighted by Gasteiger charge is -2.21. The minimum absolute atomic E-state index is 0.0354. The van der Waals surface area contributed by atoms with Gasteiger partial charge in [0.15, 0.2) is 5.82 Å². The molecule has 3 aromatic carbocycles. The predicted octanol–water partition coefficient (Wildman–Crippen LogP) is 2.49. The van der Waals surface area contributed by atoms with E-state index in [0.717, 1.165) is 0 Å². The fourth-order valence-corrected chi connectivity index (χ4v) is 4.82. The van der Waals surface area contributed by atoms with Crippen LogP contribution in [0.2, 0.25) is 0 Å². The molecule has 0 saturated carbocycles. The van der Waals surface area contributed by atoms with Gasteiger partial charge in [0.1, 0.15) is 30.3 Å². The number of ether oxygens (including phenoxy) is 2. The molecule has 10 heteroatoms. The van der Waals surface area contributed by atoms with Gasteiger partial charge in [0, 0.05) is 11.9 Å². The molecule has 3 aromatic rings.